The minimum Gasteiger partial charge on any atom is -0.310 e. The number of H-pyrrole nitrogens is 1. The molecule has 3 heteroatoms. The van der Waals surface area contributed by atoms with Crippen molar-refractivity contribution in [1.82, 2.24) is 9.97 Å². The van der Waals surface area contributed by atoms with Crippen LogP contribution in [0.5, 0.6) is 0 Å². The van der Waals surface area contributed by atoms with Crippen molar-refractivity contribution in [1.29, 1.82) is 0 Å². The van der Waals surface area contributed by atoms with Gasteiger partial charge in [-0.15, -0.1) is 0 Å². The van der Waals surface area contributed by atoms with Gasteiger partial charge in [0, 0.05) is 5.56 Å². The van der Waals surface area contributed by atoms with Crippen molar-refractivity contribution >= 4 is 0 Å². The highest BCUT2D eigenvalue weighted by molar-refractivity contribution is 5.34. The van der Waals surface area contributed by atoms with Crippen molar-refractivity contribution in [3.8, 4) is 0 Å². The van der Waals surface area contributed by atoms with Crippen LogP contribution in [0.25, 0.3) is 0 Å². The summed E-state index contributed by atoms with van der Waals surface area (Å²) in [6, 6.07) is 10.4. The van der Waals surface area contributed by atoms with E-state index in [0.717, 1.165) is 49.2 Å². The Hall–Kier alpha value is -1.90. The Kier molecular flexibility index (Phi) is 3.66. The number of aromatic amines is 1. The van der Waals surface area contributed by atoms with Crippen LogP contribution in [-0.4, -0.2) is 9.97 Å². The SMILES string of the molecule is CCC(CC)(c1ccccc1)c1nc2c(c(=O)[nH]1)CCC2. The molecule has 0 atom stereocenters. The Balaban J connectivity index is 2.19. The van der Waals surface area contributed by atoms with Gasteiger partial charge in [0.15, 0.2) is 0 Å². The first kappa shape index (κ1) is 14.1. The normalized spacial score (nSPS) is 14.2. The Morgan fingerprint density at radius 1 is 1.14 bits per heavy atom. The van der Waals surface area contributed by atoms with Crippen LogP contribution in [0, 0.1) is 0 Å². The van der Waals surface area contributed by atoms with Gasteiger partial charge in [0.1, 0.15) is 5.82 Å². The molecule has 1 aliphatic carbocycles. The van der Waals surface area contributed by atoms with Gasteiger partial charge < -0.3 is 4.98 Å². The van der Waals surface area contributed by atoms with E-state index in [4.69, 9.17) is 4.98 Å². The molecule has 1 aromatic carbocycles. The number of nitrogens with zero attached hydrogens (tertiary/aromatic N) is 1. The molecule has 1 aliphatic rings. The summed E-state index contributed by atoms with van der Waals surface area (Å²) in [7, 11) is 0. The number of benzene rings is 1. The maximum Gasteiger partial charge on any atom is 0.254 e. The summed E-state index contributed by atoms with van der Waals surface area (Å²) in [5.41, 5.74) is 3.01. The lowest BCUT2D eigenvalue weighted by molar-refractivity contribution is 0.445. The average molecular weight is 282 g/mol. The zero-order valence-corrected chi connectivity index (χ0v) is 12.8. The molecule has 0 radical (unpaired) electrons. The van der Waals surface area contributed by atoms with E-state index >= 15 is 0 Å². The second-order valence-corrected chi connectivity index (χ2v) is 5.85. The molecule has 0 saturated heterocycles. The van der Waals surface area contributed by atoms with Crippen LogP contribution >= 0.6 is 0 Å². The topological polar surface area (TPSA) is 45.8 Å². The maximum absolute atomic E-state index is 12.3. The fourth-order valence-electron chi connectivity index (χ4n) is 3.56. The predicted octanol–water partition coefficient (Wildman–Crippen LogP) is 3.36. The molecular weight excluding hydrogens is 260 g/mol. The monoisotopic (exact) mass is 282 g/mol. The molecule has 3 rings (SSSR count). The molecule has 110 valence electrons. The summed E-state index contributed by atoms with van der Waals surface area (Å²) in [5, 5.41) is 0. The Labute approximate surface area is 125 Å². The molecule has 0 bridgehead atoms. The first-order chi connectivity index (χ1) is 10.2. The molecule has 0 amide bonds. The number of aromatic nitrogens is 2. The molecule has 0 spiro atoms. The lowest BCUT2D eigenvalue weighted by atomic mass is 9.75. The van der Waals surface area contributed by atoms with Gasteiger partial charge in [0.2, 0.25) is 0 Å². The lowest BCUT2D eigenvalue weighted by Gasteiger charge is -2.31. The molecular formula is C18H22N2O. The van der Waals surface area contributed by atoms with Gasteiger partial charge in [-0.2, -0.15) is 0 Å². The van der Waals surface area contributed by atoms with Crippen LogP contribution in [0.3, 0.4) is 0 Å². The molecule has 0 fully saturated rings. The van der Waals surface area contributed by atoms with E-state index in [1.807, 2.05) is 6.07 Å². The van der Waals surface area contributed by atoms with Gasteiger partial charge in [-0.3, -0.25) is 4.79 Å². The number of rotatable bonds is 4. The summed E-state index contributed by atoms with van der Waals surface area (Å²) >= 11 is 0. The van der Waals surface area contributed by atoms with Crippen LogP contribution < -0.4 is 5.56 Å². The van der Waals surface area contributed by atoms with Crippen LogP contribution in [0.15, 0.2) is 35.1 Å². The summed E-state index contributed by atoms with van der Waals surface area (Å²) < 4.78 is 0. The lowest BCUT2D eigenvalue weighted by Crippen LogP contribution is -2.32. The van der Waals surface area contributed by atoms with Crippen molar-refractivity contribution in [2.24, 2.45) is 0 Å². The number of fused-ring (bicyclic) bond motifs is 1. The Morgan fingerprint density at radius 2 is 1.86 bits per heavy atom. The molecule has 0 aliphatic heterocycles. The largest absolute Gasteiger partial charge is 0.310 e. The molecule has 0 unspecified atom stereocenters. The molecule has 1 heterocycles. The van der Waals surface area contributed by atoms with Gasteiger partial charge in [-0.25, -0.2) is 4.98 Å². The summed E-state index contributed by atoms with van der Waals surface area (Å²) in [6.07, 6.45) is 4.70. The molecule has 2 aromatic rings. The van der Waals surface area contributed by atoms with E-state index in [-0.39, 0.29) is 11.0 Å². The third-order valence-electron chi connectivity index (χ3n) is 4.93. The molecule has 0 saturated carbocycles. The quantitative estimate of drug-likeness (QED) is 0.934. The maximum atomic E-state index is 12.3. The standard InChI is InChI=1S/C18H22N2O/c1-3-18(4-2,13-9-6-5-7-10-13)17-19-15-12-8-11-14(15)16(21)20-17/h5-7,9-10H,3-4,8,11-12H2,1-2H3,(H,19,20,21). The number of hydrogen-bond donors (Lipinski definition) is 1. The molecule has 1 aromatic heterocycles. The van der Waals surface area contributed by atoms with E-state index < -0.39 is 0 Å². The highest BCUT2D eigenvalue weighted by Gasteiger charge is 2.34. The second-order valence-electron chi connectivity index (χ2n) is 5.85. The van der Waals surface area contributed by atoms with Gasteiger partial charge in [-0.1, -0.05) is 44.2 Å². The van der Waals surface area contributed by atoms with E-state index in [9.17, 15) is 4.79 Å². The third-order valence-corrected chi connectivity index (χ3v) is 4.93. The predicted molar refractivity (Wildman–Crippen MR) is 84.7 cm³/mol. The van der Waals surface area contributed by atoms with Crippen LogP contribution in [0.2, 0.25) is 0 Å². The molecule has 1 N–H and O–H groups in total. The fourth-order valence-corrected chi connectivity index (χ4v) is 3.56. The number of nitrogens with one attached hydrogen (secondary N) is 1. The van der Waals surface area contributed by atoms with Gasteiger partial charge >= 0.3 is 0 Å². The highest BCUT2D eigenvalue weighted by atomic mass is 16.1. The molecule has 21 heavy (non-hydrogen) atoms. The van der Waals surface area contributed by atoms with E-state index in [1.54, 1.807) is 0 Å². The summed E-state index contributed by atoms with van der Waals surface area (Å²) in [5.74, 6) is 0.837. The van der Waals surface area contributed by atoms with Gasteiger partial charge in [-0.05, 0) is 37.7 Å². The summed E-state index contributed by atoms with van der Waals surface area (Å²) in [4.78, 5) is 20.3. The Morgan fingerprint density at radius 3 is 2.52 bits per heavy atom. The van der Waals surface area contributed by atoms with Crippen molar-refractivity contribution in [2.75, 3.05) is 0 Å². The van der Waals surface area contributed by atoms with E-state index in [0.29, 0.717) is 0 Å². The van der Waals surface area contributed by atoms with Gasteiger partial charge in [0.05, 0.1) is 11.1 Å². The minimum absolute atomic E-state index is 0.0645. The van der Waals surface area contributed by atoms with Crippen molar-refractivity contribution < 1.29 is 0 Å². The first-order valence-electron chi connectivity index (χ1n) is 7.89. The van der Waals surface area contributed by atoms with E-state index in [1.165, 1.54) is 5.56 Å². The zero-order valence-electron chi connectivity index (χ0n) is 12.8. The van der Waals surface area contributed by atoms with Crippen molar-refractivity contribution in [2.45, 2.75) is 51.4 Å². The van der Waals surface area contributed by atoms with Crippen molar-refractivity contribution in [3.63, 3.8) is 0 Å². The first-order valence-corrected chi connectivity index (χ1v) is 7.89. The Bertz CT molecular complexity index is 684. The zero-order chi connectivity index (χ0) is 14.9. The smallest absolute Gasteiger partial charge is 0.254 e. The highest BCUT2D eigenvalue weighted by Crippen LogP contribution is 2.36. The fraction of sp³-hybridized carbons (Fsp3) is 0.444. The van der Waals surface area contributed by atoms with Crippen molar-refractivity contribution in [3.05, 3.63) is 63.3 Å². The number of aryl methyl sites for hydroxylation is 1. The van der Waals surface area contributed by atoms with Crippen LogP contribution in [0.4, 0.5) is 0 Å². The van der Waals surface area contributed by atoms with E-state index in [2.05, 4.69) is 43.1 Å². The average Bonchev–Trinajstić information content (AvgIpc) is 2.99. The minimum atomic E-state index is -0.196. The van der Waals surface area contributed by atoms with Crippen LogP contribution in [0.1, 0.15) is 55.8 Å². The molecule has 3 nitrogen and oxygen atoms in total. The summed E-state index contributed by atoms with van der Waals surface area (Å²) in [6.45, 7) is 4.34. The third kappa shape index (κ3) is 2.21. The van der Waals surface area contributed by atoms with Gasteiger partial charge in [0.25, 0.3) is 5.56 Å². The number of hydrogen-bond acceptors (Lipinski definition) is 2. The van der Waals surface area contributed by atoms with Crippen LogP contribution in [-0.2, 0) is 18.3 Å². The second kappa shape index (κ2) is 5.47.